The molecule has 0 aromatic heterocycles. The molecule has 1 aliphatic carbocycles. The number of hydrogen-bond donors (Lipinski definition) is 1. The third-order valence-corrected chi connectivity index (χ3v) is 5.07. The Bertz CT molecular complexity index is 590. The number of nitrogens with one attached hydrogen (secondary N) is 1. The molecule has 2 fully saturated rings. The molecule has 128 valence electrons. The van der Waals surface area contributed by atoms with Crippen molar-refractivity contribution in [2.24, 2.45) is 11.8 Å². The van der Waals surface area contributed by atoms with Gasteiger partial charge in [-0.1, -0.05) is 43.2 Å². The Morgan fingerprint density at radius 2 is 1.67 bits per heavy atom. The highest BCUT2D eigenvalue weighted by Crippen LogP contribution is 2.37. The number of hydrogen-bond acceptors (Lipinski definition) is 3. The van der Waals surface area contributed by atoms with Gasteiger partial charge in [-0.2, -0.15) is 0 Å². The fourth-order valence-electron chi connectivity index (χ4n) is 3.74. The molecule has 0 bridgehead atoms. The molecule has 3 amide bonds. The average molecular weight is 328 g/mol. The SMILES string of the molecule is O=C(CCN1C(=O)[C@@H]2CCCC[C@H]2C1=O)NCCc1ccccc1. The monoisotopic (exact) mass is 328 g/mol. The molecule has 0 spiro atoms. The van der Waals surface area contributed by atoms with Crippen molar-refractivity contribution in [1.82, 2.24) is 10.2 Å². The number of nitrogens with zero attached hydrogens (tertiary/aromatic N) is 1. The van der Waals surface area contributed by atoms with Crippen LogP contribution in [0.2, 0.25) is 0 Å². The second kappa shape index (κ2) is 7.60. The van der Waals surface area contributed by atoms with Gasteiger partial charge < -0.3 is 5.32 Å². The summed E-state index contributed by atoms with van der Waals surface area (Å²) in [6, 6.07) is 9.96. The number of benzene rings is 1. The molecule has 2 aliphatic rings. The maximum absolute atomic E-state index is 12.3. The lowest BCUT2D eigenvalue weighted by Gasteiger charge is -2.19. The summed E-state index contributed by atoms with van der Waals surface area (Å²) in [5.74, 6) is -0.509. The number of rotatable bonds is 6. The van der Waals surface area contributed by atoms with Gasteiger partial charge in [0.2, 0.25) is 17.7 Å². The van der Waals surface area contributed by atoms with E-state index in [0.29, 0.717) is 6.54 Å². The third kappa shape index (κ3) is 3.66. The Balaban J connectivity index is 1.42. The lowest BCUT2D eigenvalue weighted by Crippen LogP contribution is -2.35. The Morgan fingerprint density at radius 1 is 1.04 bits per heavy atom. The van der Waals surface area contributed by atoms with Gasteiger partial charge >= 0.3 is 0 Å². The van der Waals surface area contributed by atoms with E-state index in [1.165, 1.54) is 10.5 Å². The van der Waals surface area contributed by atoms with Crippen LogP contribution >= 0.6 is 0 Å². The van der Waals surface area contributed by atoms with Gasteiger partial charge in [-0.05, 0) is 24.8 Å². The van der Waals surface area contributed by atoms with Crippen molar-refractivity contribution >= 4 is 17.7 Å². The highest BCUT2D eigenvalue weighted by atomic mass is 16.2. The topological polar surface area (TPSA) is 66.5 Å². The molecule has 3 rings (SSSR count). The van der Waals surface area contributed by atoms with Crippen LogP contribution in [0.25, 0.3) is 0 Å². The smallest absolute Gasteiger partial charge is 0.233 e. The molecule has 5 heteroatoms. The summed E-state index contributed by atoms with van der Waals surface area (Å²) in [4.78, 5) is 37.9. The van der Waals surface area contributed by atoms with Crippen LogP contribution in [0.4, 0.5) is 0 Å². The predicted octanol–water partition coefficient (Wildman–Crippen LogP) is 1.91. The first-order valence-electron chi connectivity index (χ1n) is 8.82. The van der Waals surface area contributed by atoms with E-state index in [-0.39, 0.29) is 42.5 Å². The molecule has 0 radical (unpaired) electrons. The largest absolute Gasteiger partial charge is 0.356 e. The van der Waals surface area contributed by atoms with Crippen molar-refractivity contribution in [3.8, 4) is 0 Å². The van der Waals surface area contributed by atoms with Crippen LogP contribution in [-0.4, -0.2) is 35.7 Å². The van der Waals surface area contributed by atoms with Gasteiger partial charge in [-0.3, -0.25) is 19.3 Å². The van der Waals surface area contributed by atoms with E-state index in [9.17, 15) is 14.4 Å². The maximum atomic E-state index is 12.3. The molecular formula is C19H24N2O3. The lowest BCUT2D eigenvalue weighted by molar-refractivity contribution is -0.140. The van der Waals surface area contributed by atoms with E-state index in [2.05, 4.69) is 5.32 Å². The third-order valence-electron chi connectivity index (χ3n) is 5.07. The van der Waals surface area contributed by atoms with Gasteiger partial charge in [-0.15, -0.1) is 0 Å². The van der Waals surface area contributed by atoms with Crippen LogP contribution in [0.5, 0.6) is 0 Å². The van der Waals surface area contributed by atoms with E-state index >= 15 is 0 Å². The van der Waals surface area contributed by atoms with Crippen molar-refractivity contribution in [3.05, 3.63) is 35.9 Å². The summed E-state index contributed by atoms with van der Waals surface area (Å²) in [5.41, 5.74) is 1.17. The van der Waals surface area contributed by atoms with Crippen LogP contribution in [0.1, 0.15) is 37.7 Å². The first-order chi connectivity index (χ1) is 11.7. The molecule has 1 heterocycles. The number of fused-ring (bicyclic) bond motifs is 1. The van der Waals surface area contributed by atoms with Gasteiger partial charge in [0.1, 0.15) is 0 Å². The Kier molecular flexibility index (Phi) is 5.28. The van der Waals surface area contributed by atoms with Gasteiger partial charge in [0.15, 0.2) is 0 Å². The van der Waals surface area contributed by atoms with Gasteiger partial charge in [-0.25, -0.2) is 0 Å². The number of imide groups is 1. The minimum Gasteiger partial charge on any atom is -0.356 e. The number of carbonyl (C=O) groups excluding carboxylic acids is 3. The van der Waals surface area contributed by atoms with Crippen LogP contribution in [0, 0.1) is 11.8 Å². The zero-order chi connectivity index (χ0) is 16.9. The average Bonchev–Trinajstić information content (AvgIpc) is 2.85. The molecule has 1 saturated heterocycles. The molecule has 2 atom stereocenters. The van der Waals surface area contributed by atoms with E-state index < -0.39 is 0 Å². The summed E-state index contributed by atoms with van der Waals surface area (Å²) in [7, 11) is 0. The van der Waals surface area contributed by atoms with Crippen LogP contribution < -0.4 is 5.32 Å². The first-order valence-corrected chi connectivity index (χ1v) is 8.82. The summed E-state index contributed by atoms with van der Waals surface area (Å²) < 4.78 is 0. The first kappa shape index (κ1) is 16.7. The quantitative estimate of drug-likeness (QED) is 0.811. The summed E-state index contributed by atoms with van der Waals surface area (Å²) >= 11 is 0. The highest BCUT2D eigenvalue weighted by molar-refractivity contribution is 6.05. The van der Waals surface area contributed by atoms with Crippen LogP contribution in [-0.2, 0) is 20.8 Å². The Hall–Kier alpha value is -2.17. The zero-order valence-corrected chi connectivity index (χ0v) is 13.9. The normalized spacial score (nSPS) is 23.2. The van der Waals surface area contributed by atoms with E-state index in [1.54, 1.807) is 0 Å². The van der Waals surface area contributed by atoms with Gasteiger partial charge in [0.05, 0.1) is 11.8 Å². The summed E-state index contributed by atoms with van der Waals surface area (Å²) in [5, 5.41) is 2.86. The van der Waals surface area contributed by atoms with Crippen molar-refractivity contribution in [2.75, 3.05) is 13.1 Å². The van der Waals surface area contributed by atoms with E-state index in [4.69, 9.17) is 0 Å². The van der Waals surface area contributed by atoms with Crippen molar-refractivity contribution in [2.45, 2.75) is 38.5 Å². The van der Waals surface area contributed by atoms with Gasteiger partial charge in [0.25, 0.3) is 0 Å². The molecular weight excluding hydrogens is 304 g/mol. The molecule has 1 saturated carbocycles. The molecule has 24 heavy (non-hydrogen) atoms. The Morgan fingerprint density at radius 3 is 2.29 bits per heavy atom. The van der Waals surface area contributed by atoms with Crippen molar-refractivity contribution < 1.29 is 14.4 Å². The minimum atomic E-state index is -0.132. The molecule has 1 aliphatic heterocycles. The molecule has 1 N–H and O–H groups in total. The van der Waals surface area contributed by atoms with E-state index in [0.717, 1.165) is 32.1 Å². The number of carbonyl (C=O) groups is 3. The van der Waals surface area contributed by atoms with Gasteiger partial charge in [0, 0.05) is 19.5 Å². The molecule has 1 aromatic carbocycles. The molecule has 1 aromatic rings. The summed E-state index contributed by atoms with van der Waals surface area (Å²) in [6.45, 7) is 0.776. The fourth-order valence-corrected chi connectivity index (χ4v) is 3.74. The van der Waals surface area contributed by atoms with Crippen molar-refractivity contribution in [1.29, 1.82) is 0 Å². The summed E-state index contributed by atoms with van der Waals surface area (Å²) in [6.07, 6.45) is 4.63. The second-order valence-corrected chi connectivity index (χ2v) is 6.66. The van der Waals surface area contributed by atoms with Crippen LogP contribution in [0.15, 0.2) is 30.3 Å². The second-order valence-electron chi connectivity index (χ2n) is 6.66. The molecule has 0 unspecified atom stereocenters. The minimum absolute atomic E-state index is 0.0678. The standard InChI is InChI=1S/C19H24N2O3/c22-17(20-12-10-14-6-2-1-3-7-14)11-13-21-18(23)15-8-4-5-9-16(15)19(21)24/h1-3,6-7,15-16H,4-5,8-13H2,(H,20,22)/t15-,16-/m1/s1. The maximum Gasteiger partial charge on any atom is 0.233 e. The van der Waals surface area contributed by atoms with Crippen LogP contribution in [0.3, 0.4) is 0 Å². The number of likely N-dealkylation sites (tertiary alicyclic amines) is 1. The lowest BCUT2D eigenvalue weighted by atomic mass is 9.81. The number of amides is 3. The zero-order valence-electron chi connectivity index (χ0n) is 13.9. The van der Waals surface area contributed by atoms with Crippen molar-refractivity contribution in [3.63, 3.8) is 0 Å². The van der Waals surface area contributed by atoms with E-state index in [1.807, 2.05) is 30.3 Å². The fraction of sp³-hybridized carbons (Fsp3) is 0.526. The Labute approximate surface area is 142 Å². The highest BCUT2D eigenvalue weighted by Gasteiger charge is 2.47. The molecule has 5 nitrogen and oxygen atoms in total. The predicted molar refractivity (Wildman–Crippen MR) is 89.9 cm³/mol.